The summed E-state index contributed by atoms with van der Waals surface area (Å²) in [6, 6.07) is 4.18. The molecule has 0 aromatic heterocycles. The second-order valence-corrected chi connectivity index (χ2v) is 5.54. The summed E-state index contributed by atoms with van der Waals surface area (Å²) >= 11 is 3.62. The molecule has 1 aliphatic rings. The number of benzene rings is 1. The maximum absolute atomic E-state index is 6.50. The Balaban J connectivity index is 2.54. The summed E-state index contributed by atoms with van der Waals surface area (Å²) in [7, 11) is 1.71. The Hall–Kier alpha value is -0.540. The molecule has 0 unspecified atom stereocenters. The number of ether oxygens (including phenoxy) is 1. The van der Waals surface area contributed by atoms with Crippen LogP contribution in [0.5, 0.6) is 5.75 Å². The average Bonchev–Trinajstić information content (AvgIpc) is 2.64. The van der Waals surface area contributed by atoms with Crippen LogP contribution in [0.25, 0.3) is 0 Å². The van der Waals surface area contributed by atoms with Gasteiger partial charge in [-0.15, -0.1) is 0 Å². The zero-order valence-corrected chi connectivity index (χ0v) is 11.4. The standard InChI is InChI=1S/C13H18BrNO/c1-9-7-10(14)12(11(8-9)16-2)13(15)5-3-4-6-13/h7-8H,3-6,15H2,1-2H3. The molecule has 0 amide bonds. The Kier molecular flexibility index (Phi) is 3.27. The number of nitrogens with two attached hydrogens (primary N) is 1. The van der Waals surface area contributed by atoms with E-state index in [4.69, 9.17) is 10.5 Å². The van der Waals surface area contributed by atoms with Gasteiger partial charge in [-0.25, -0.2) is 0 Å². The van der Waals surface area contributed by atoms with Crippen LogP contribution < -0.4 is 10.5 Å². The van der Waals surface area contributed by atoms with Gasteiger partial charge in [0.25, 0.3) is 0 Å². The summed E-state index contributed by atoms with van der Waals surface area (Å²) in [4.78, 5) is 0. The zero-order chi connectivity index (χ0) is 11.8. The van der Waals surface area contributed by atoms with Crippen molar-refractivity contribution in [3.63, 3.8) is 0 Å². The lowest BCUT2D eigenvalue weighted by atomic mass is 9.88. The van der Waals surface area contributed by atoms with Crippen LogP contribution in [0.4, 0.5) is 0 Å². The Bertz CT molecular complexity index is 397. The first-order valence-corrected chi connectivity index (χ1v) is 6.49. The smallest absolute Gasteiger partial charge is 0.125 e. The van der Waals surface area contributed by atoms with Crippen molar-refractivity contribution in [2.45, 2.75) is 38.1 Å². The van der Waals surface area contributed by atoms with Crippen molar-refractivity contribution in [1.29, 1.82) is 0 Å². The molecule has 1 saturated carbocycles. The third-order valence-corrected chi connectivity index (χ3v) is 4.04. The molecule has 0 radical (unpaired) electrons. The molecule has 2 nitrogen and oxygen atoms in total. The van der Waals surface area contributed by atoms with Crippen molar-refractivity contribution in [2.75, 3.05) is 7.11 Å². The van der Waals surface area contributed by atoms with Crippen LogP contribution in [-0.2, 0) is 5.54 Å². The van der Waals surface area contributed by atoms with Crippen LogP contribution >= 0.6 is 15.9 Å². The van der Waals surface area contributed by atoms with Gasteiger partial charge < -0.3 is 10.5 Å². The molecule has 2 rings (SSSR count). The molecule has 0 spiro atoms. The monoisotopic (exact) mass is 283 g/mol. The number of aryl methyl sites for hydroxylation is 1. The van der Waals surface area contributed by atoms with Crippen molar-refractivity contribution >= 4 is 15.9 Å². The number of methoxy groups -OCH3 is 1. The molecule has 88 valence electrons. The summed E-state index contributed by atoms with van der Waals surface area (Å²) in [6.07, 6.45) is 4.51. The number of hydrogen-bond acceptors (Lipinski definition) is 2. The fourth-order valence-electron chi connectivity index (χ4n) is 2.61. The fraction of sp³-hybridized carbons (Fsp3) is 0.538. The normalized spacial score (nSPS) is 18.8. The van der Waals surface area contributed by atoms with Crippen LogP contribution in [0.15, 0.2) is 16.6 Å². The number of rotatable bonds is 2. The van der Waals surface area contributed by atoms with Crippen LogP contribution in [0, 0.1) is 6.92 Å². The third-order valence-electron chi connectivity index (χ3n) is 3.41. The molecule has 1 aromatic rings. The molecule has 1 fully saturated rings. The van der Waals surface area contributed by atoms with Crippen molar-refractivity contribution in [3.05, 3.63) is 27.7 Å². The van der Waals surface area contributed by atoms with E-state index in [0.717, 1.165) is 28.6 Å². The van der Waals surface area contributed by atoms with E-state index in [-0.39, 0.29) is 5.54 Å². The van der Waals surface area contributed by atoms with E-state index in [2.05, 4.69) is 35.0 Å². The van der Waals surface area contributed by atoms with E-state index in [1.54, 1.807) is 7.11 Å². The Labute approximate surface area is 105 Å². The molecule has 0 saturated heterocycles. The Morgan fingerprint density at radius 3 is 2.50 bits per heavy atom. The van der Waals surface area contributed by atoms with E-state index in [9.17, 15) is 0 Å². The van der Waals surface area contributed by atoms with Gasteiger partial charge in [0.15, 0.2) is 0 Å². The third kappa shape index (κ3) is 1.98. The predicted molar refractivity (Wildman–Crippen MR) is 69.8 cm³/mol. The summed E-state index contributed by atoms with van der Waals surface area (Å²) < 4.78 is 6.55. The summed E-state index contributed by atoms with van der Waals surface area (Å²) in [6.45, 7) is 2.06. The van der Waals surface area contributed by atoms with Crippen LogP contribution in [0.3, 0.4) is 0 Å². The zero-order valence-electron chi connectivity index (χ0n) is 9.85. The maximum Gasteiger partial charge on any atom is 0.125 e. The number of halogens is 1. The van der Waals surface area contributed by atoms with E-state index in [1.807, 2.05) is 0 Å². The molecule has 16 heavy (non-hydrogen) atoms. The van der Waals surface area contributed by atoms with E-state index < -0.39 is 0 Å². The first kappa shape index (κ1) is 11.9. The van der Waals surface area contributed by atoms with Gasteiger partial charge in [0.05, 0.1) is 7.11 Å². The molecule has 0 bridgehead atoms. The summed E-state index contributed by atoms with van der Waals surface area (Å²) in [5.41, 5.74) is 8.61. The lowest BCUT2D eigenvalue weighted by Crippen LogP contribution is -2.34. The predicted octanol–water partition coefficient (Wildman–Crippen LogP) is 3.49. The van der Waals surface area contributed by atoms with Crippen molar-refractivity contribution in [2.24, 2.45) is 5.73 Å². The quantitative estimate of drug-likeness (QED) is 0.902. The fourth-order valence-corrected chi connectivity index (χ4v) is 3.56. The number of hydrogen-bond donors (Lipinski definition) is 1. The van der Waals surface area contributed by atoms with Crippen molar-refractivity contribution in [3.8, 4) is 5.75 Å². The second kappa shape index (κ2) is 4.38. The highest BCUT2D eigenvalue weighted by Gasteiger charge is 2.35. The summed E-state index contributed by atoms with van der Waals surface area (Å²) in [5, 5.41) is 0. The molecule has 2 N–H and O–H groups in total. The van der Waals surface area contributed by atoms with Crippen LogP contribution in [0.2, 0.25) is 0 Å². The van der Waals surface area contributed by atoms with E-state index in [1.165, 1.54) is 18.4 Å². The average molecular weight is 284 g/mol. The van der Waals surface area contributed by atoms with E-state index >= 15 is 0 Å². The molecule has 0 aliphatic heterocycles. The van der Waals surface area contributed by atoms with Gasteiger partial charge in [-0.1, -0.05) is 28.8 Å². The lowest BCUT2D eigenvalue weighted by Gasteiger charge is -2.28. The van der Waals surface area contributed by atoms with Crippen LogP contribution in [0.1, 0.15) is 36.8 Å². The highest BCUT2D eigenvalue weighted by molar-refractivity contribution is 9.10. The van der Waals surface area contributed by atoms with Gasteiger partial charge in [0.2, 0.25) is 0 Å². The van der Waals surface area contributed by atoms with Gasteiger partial charge in [0.1, 0.15) is 5.75 Å². The van der Waals surface area contributed by atoms with Crippen molar-refractivity contribution in [1.82, 2.24) is 0 Å². The first-order chi connectivity index (χ1) is 7.57. The minimum atomic E-state index is -0.210. The van der Waals surface area contributed by atoms with Crippen molar-refractivity contribution < 1.29 is 4.74 Å². The lowest BCUT2D eigenvalue weighted by molar-refractivity contribution is 0.377. The van der Waals surface area contributed by atoms with Gasteiger partial charge in [0, 0.05) is 15.6 Å². The maximum atomic E-state index is 6.50. The molecule has 3 heteroatoms. The second-order valence-electron chi connectivity index (χ2n) is 4.69. The Morgan fingerprint density at radius 1 is 1.31 bits per heavy atom. The SMILES string of the molecule is COc1cc(C)cc(Br)c1C1(N)CCCC1. The van der Waals surface area contributed by atoms with Gasteiger partial charge in [-0.2, -0.15) is 0 Å². The minimum Gasteiger partial charge on any atom is -0.496 e. The van der Waals surface area contributed by atoms with Gasteiger partial charge in [-0.3, -0.25) is 0 Å². The molecule has 1 aromatic carbocycles. The van der Waals surface area contributed by atoms with Crippen LogP contribution in [-0.4, -0.2) is 7.11 Å². The highest BCUT2D eigenvalue weighted by atomic mass is 79.9. The Morgan fingerprint density at radius 2 is 1.94 bits per heavy atom. The largest absolute Gasteiger partial charge is 0.496 e. The topological polar surface area (TPSA) is 35.2 Å². The minimum absolute atomic E-state index is 0.210. The summed E-state index contributed by atoms with van der Waals surface area (Å²) in [5.74, 6) is 0.913. The molecular weight excluding hydrogens is 266 g/mol. The van der Waals surface area contributed by atoms with Gasteiger partial charge in [-0.05, 0) is 37.5 Å². The molecular formula is C13H18BrNO. The first-order valence-electron chi connectivity index (χ1n) is 5.70. The molecule has 0 atom stereocenters. The molecule has 1 aliphatic carbocycles. The van der Waals surface area contributed by atoms with E-state index in [0.29, 0.717) is 0 Å². The highest BCUT2D eigenvalue weighted by Crippen LogP contribution is 2.44. The van der Waals surface area contributed by atoms with Gasteiger partial charge >= 0.3 is 0 Å². The molecule has 0 heterocycles.